The lowest BCUT2D eigenvalue weighted by molar-refractivity contribution is 0.0547. The van der Waals surface area contributed by atoms with Crippen molar-refractivity contribution >= 4 is 11.3 Å². The van der Waals surface area contributed by atoms with Gasteiger partial charge in [-0.25, -0.2) is 0 Å². The third-order valence-corrected chi connectivity index (χ3v) is 4.35. The number of rotatable bonds is 6. The van der Waals surface area contributed by atoms with Crippen LogP contribution >= 0.6 is 11.3 Å². The van der Waals surface area contributed by atoms with Gasteiger partial charge in [0.1, 0.15) is 0 Å². The van der Waals surface area contributed by atoms with Gasteiger partial charge in [0.2, 0.25) is 0 Å². The first-order valence-corrected chi connectivity index (χ1v) is 7.80. The normalized spacial score (nSPS) is 23.4. The summed E-state index contributed by atoms with van der Waals surface area (Å²) in [4.78, 5) is 2.46. The van der Waals surface area contributed by atoms with Gasteiger partial charge in [0.15, 0.2) is 0 Å². The number of ether oxygens (including phenoxy) is 1. The molecule has 1 fully saturated rings. The van der Waals surface area contributed by atoms with Gasteiger partial charge in [-0.1, -0.05) is 6.92 Å². The molecule has 0 bridgehead atoms. The Morgan fingerprint density at radius 3 is 2.94 bits per heavy atom. The van der Waals surface area contributed by atoms with Crippen molar-refractivity contribution < 1.29 is 4.74 Å². The van der Waals surface area contributed by atoms with Crippen LogP contribution in [-0.2, 0) is 4.74 Å². The van der Waals surface area contributed by atoms with Crippen LogP contribution in [0.2, 0.25) is 0 Å². The molecule has 1 aliphatic heterocycles. The summed E-state index contributed by atoms with van der Waals surface area (Å²) in [6.45, 7) is 7.24. The minimum Gasteiger partial charge on any atom is -0.377 e. The second-order valence-electron chi connectivity index (χ2n) is 5.08. The minimum atomic E-state index is 0.140. The van der Waals surface area contributed by atoms with E-state index in [-0.39, 0.29) is 6.04 Å². The quantitative estimate of drug-likeness (QED) is 0.862. The van der Waals surface area contributed by atoms with Crippen molar-refractivity contribution in [3.05, 3.63) is 22.4 Å². The van der Waals surface area contributed by atoms with E-state index >= 15 is 0 Å². The molecule has 0 spiro atoms. The molecule has 0 aliphatic carbocycles. The Hall–Kier alpha value is -0.420. The molecule has 1 aliphatic rings. The molecule has 1 aromatic heterocycles. The van der Waals surface area contributed by atoms with Gasteiger partial charge in [-0.3, -0.25) is 4.90 Å². The van der Waals surface area contributed by atoms with Gasteiger partial charge in [-0.2, -0.15) is 11.3 Å². The van der Waals surface area contributed by atoms with Crippen molar-refractivity contribution in [3.8, 4) is 0 Å². The number of likely N-dealkylation sites (N-methyl/N-ethyl adjacent to an activating group) is 1. The first kappa shape index (κ1) is 14.0. The molecule has 0 amide bonds. The molecule has 2 rings (SSSR count). The fourth-order valence-electron chi connectivity index (χ4n) is 2.78. The molecule has 18 heavy (non-hydrogen) atoms. The molecule has 1 aromatic rings. The highest BCUT2D eigenvalue weighted by atomic mass is 32.1. The number of nitrogens with zero attached hydrogens (tertiary/aromatic N) is 1. The lowest BCUT2D eigenvalue weighted by Crippen LogP contribution is -2.42. The molecular formula is C14H24N2OS. The number of hydrogen-bond acceptors (Lipinski definition) is 4. The summed E-state index contributed by atoms with van der Waals surface area (Å²) in [5.74, 6) is 0. The standard InChI is InChI=1S/C14H24N2OS/c1-3-16(9-13-5-4-7-17-13)14(11(2)15)12-6-8-18-10-12/h6,8,10-11,13-14H,3-5,7,9,15H2,1-2H3. The molecular weight excluding hydrogens is 244 g/mol. The van der Waals surface area contributed by atoms with Gasteiger partial charge in [0.05, 0.1) is 12.1 Å². The third kappa shape index (κ3) is 3.32. The Labute approximate surface area is 114 Å². The van der Waals surface area contributed by atoms with Crippen molar-refractivity contribution in [1.29, 1.82) is 0 Å². The van der Waals surface area contributed by atoms with E-state index in [1.165, 1.54) is 18.4 Å². The molecule has 2 heterocycles. The summed E-state index contributed by atoms with van der Waals surface area (Å²) in [6.07, 6.45) is 2.78. The van der Waals surface area contributed by atoms with Gasteiger partial charge >= 0.3 is 0 Å². The molecule has 4 heteroatoms. The Bertz CT molecular complexity index is 334. The van der Waals surface area contributed by atoms with Crippen molar-refractivity contribution in [2.75, 3.05) is 19.7 Å². The van der Waals surface area contributed by atoms with E-state index in [0.717, 1.165) is 19.7 Å². The van der Waals surface area contributed by atoms with Gasteiger partial charge in [-0.15, -0.1) is 0 Å². The lowest BCUT2D eigenvalue weighted by atomic mass is 10.0. The van der Waals surface area contributed by atoms with Crippen LogP contribution in [0.4, 0.5) is 0 Å². The number of thiophene rings is 1. The van der Waals surface area contributed by atoms with Crippen molar-refractivity contribution in [3.63, 3.8) is 0 Å². The Balaban J connectivity index is 2.06. The zero-order valence-electron chi connectivity index (χ0n) is 11.3. The van der Waals surface area contributed by atoms with E-state index in [0.29, 0.717) is 12.1 Å². The monoisotopic (exact) mass is 268 g/mol. The topological polar surface area (TPSA) is 38.5 Å². The van der Waals surface area contributed by atoms with Crippen LogP contribution < -0.4 is 5.73 Å². The SMILES string of the molecule is CCN(CC1CCCO1)C(c1ccsc1)C(C)N. The average Bonchev–Trinajstić information content (AvgIpc) is 3.00. The van der Waals surface area contributed by atoms with Crippen molar-refractivity contribution in [2.45, 2.75) is 44.9 Å². The molecule has 0 saturated carbocycles. The molecule has 3 nitrogen and oxygen atoms in total. The Morgan fingerprint density at radius 2 is 2.44 bits per heavy atom. The van der Waals surface area contributed by atoms with E-state index in [4.69, 9.17) is 10.5 Å². The van der Waals surface area contributed by atoms with Gasteiger partial charge < -0.3 is 10.5 Å². The fourth-order valence-corrected chi connectivity index (χ4v) is 3.47. The Morgan fingerprint density at radius 1 is 1.61 bits per heavy atom. The highest BCUT2D eigenvalue weighted by Crippen LogP contribution is 2.27. The molecule has 2 N–H and O–H groups in total. The van der Waals surface area contributed by atoms with Crippen molar-refractivity contribution in [1.82, 2.24) is 4.90 Å². The van der Waals surface area contributed by atoms with Crippen LogP contribution in [0.1, 0.15) is 38.3 Å². The predicted molar refractivity (Wildman–Crippen MR) is 76.9 cm³/mol. The first-order valence-electron chi connectivity index (χ1n) is 6.85. The molecule has 1 saturated heterocycles. The van der Waals surface area contributed by atoms with Crippen LogP contribution in [0.25, 0.3) is 0 Å². The Kier molecular flexibility index (Phi) is 5.18. The van der Waals surface area contributed by atoms with Crippen molar-refractivity contribution in [2.24, 2.45) is 5.73 Å². The summed E-state index contributed by atoms with van der Waals surface area (Å²) in [5.41, 5.74) is 7.54. The lowest BCUT2D eigenvalue weighted by Gasteiger charge is -2.34. The maximum Gasteiger partial charge on any atom is 0.0703 e. The number of hydrogen-bond donors (Lipinski definition) is 1. The summed E-state index contributed by atoms with van der Waals surface area (Å²) in [5, 5.41) is 4.34. The van der Waals surface area contributed by atoms with Gasteiger partial charge in [0, 0.05) is 19.2 Å². The second kappa shape index (κ2) is 6.66. The van der Waals surface area contributed by atoms with Crippen LogP contribution in [0, 0.1) is 0 Å². The molecule has 102 valence electrons. The third-order valence-electron chi connectivity index (χ3n) is 3.64. The maximum absolute atomic E-state index is 6.20. The van der Waals surface area contributed by atoms with Crippen LogP contribution in [0.3, 0.4) is 0 Å². The summed E-state index contributed by atoms with van der Waals surface area (Å²) < 4.78 is 5.75. The maximum atomic E-state index is 6.20. The van der Waals surface area contributed by atoms with Crippen LogP contribution in [0.5, 0.6) is 0 Å². The zero-order chi connectivity index (χ0) is 13.0. The van der Waals surface area contributed by atoms with E-state index in [1.54, 1.807) is 11.3 Å². The van der Waals surface area contributed by atoms with Gasteiger partial charge in [-0.05, 0) is 48.7 Å². The fraction of sp³-hybridized carbons (Fsp3) is 0.714. The second-order valence-corrected chi connectivity index (χ2v) is 5.86. The zero-order valence-corrected chi connectivity index (χ0v) is 12.2. The smallest absolute Gasteiger partial charge is 0.0703 e. The van der Waals surface area contributed by atoms with E-state index in [9.17, 15) is 0 Å². The highest BCUT2D eigenvalue weighted by Gasteiger charge is 2.27. The van der Waals surface area contributed by atoms with Gasteiger partial charge in [0.25, 0.3) is 0 Å². The highest BCUT2D eigenvalue weighted by molar-refractivity contribution is 7.07. The average molecular weight is 268 g/mol. The largest absolute Gasteiger partial charge is 0.377 e. The number of nitrogens with two attached hydrogens (primary N) is 1. The van der Waals surface area contributed by atoms with Crippen LogP contribution in [0.15, 0.2) is 16.8 Å². The molecule has 3 atom stereocenters. The summed E-state index contributed by atoms with van der Waals surface area (Å²) in [7, 11) is 0. The van der Waals surface area contributed by atoms with E-state index in [1.807, 2.05) is 0 Å². The molecule has 0 radical (unpaired) electrons. The predicted octanol–water partition coefficient (Wildman–Crippen LogP) is 2.64. The van der Waals surface area contributed by atoms with Crippen LogP contribution in [-0.4, -0.2) is 36.7 Å². The summed E-state index contributed by atoms with van der Waals surface area (Å²) in [6, 6.07) is 2.64. The minimum absolute atomic E-state index is 0.140. The molecule has 0 aromatic carbocycles. The van der Waals surface area contributed by atoms with E-state index < -0.39 is 0 Å². The summed E-state index contributed by atoms with van der Waals surface area (Å²) >= 11 is 1.74. The first-order chi connectivity index (χ1) is 8.72. The molecule has 3 unspecified atom stereocenters. The van der Waals surface area contributed by atoms with E-state index in [2.05, 4.69) is 35.6 Å².